The summed E-state index contributed by atoms with van der Waals surface area (Å²) in [4.78, 5) is 44.5. The molecule has 1 spiro atoms. The molecule has 2 aliphatic rings. The van der Waals surface area contributed by atoms with Gasteiger partial charge in [-0.3, -0.25) is 14.5 Å². The highest BCUT2D eigenvalue weighted by molar-refractivity contribution is 6.07. The number of imide groups is 1. The van der Waals surface area contributed by atoms with E-state index in [0.717, 1.165) is 10.9 Å². The van der Waals surface area contributed by atoms with Crippen LogP contribution >= 0.6 is 0 Å². The van der Waals surface area contributed by atoms with Gasteiger partial charge in [-0.1, -0.05) is 12.1 Å². The van der Waals surface area contributed by atoms with Gasteiger partial charge < -0.3 is 15.2 Å². The molecule has 3 heterocycles. The van der Waals surface area contributed by atoms with E-state index in [2.05, 4.69) is 10.3 Å². The molecule has 31 heavy (non-hydrogen) atoms. The van der Waals surface area contributed by atoms with Crippen molar-refractivity contribution in [3.05, 3.63) is 71.7 Å². The van der Waals surface area contributed by atoms with Gasteiger partial charge in [-0.05, 0) is 54.8 Å². The maximum absolute atomic E-state index is 13.1. The molecule has 0 unspecified atom stereocenters. The third-order valence-corrected chi connectivity index (χ3v) is 6.20. The molecule has 0 radical (unpaired) electrons. The Morgan fingerprint density at radius 1 is 1.03 bits per heavy atom. The Hall–Kier alpha value is -3.68. The summed E-state index contributed by atoms with van der Waals surface area (Å²) in [6.45, 7) is 0.840. The topological polar surface area (TPSA) is 85.5 Å². The molecule has 2 aromatic carbocycles. The molecule has 158 valence electrons. The molecule has 7 nitrogen and oxygen atoms in total. The molecule has 4 amide bonds. The van der Waals surface area contributed by atoms with Gasteiger partial charge in [0.15, 0.2) is 0 Å². The number of piperidine rings is 1. The van der Waals surface area contributed by atoms with Crippen LogP contribution in [0.15, 0.2) is 54.7 Å². The molecular weight excluding hydrogens is 399 g/mol. The van der Waals surface area contributed by atoms with Gasteiger partial charge in [-0.15, -0.1) is 0 Å². The monoisotopic (exact) mass is 420 g/mol. The van der Waals surface area contributed by atoms with Crippen LogP contribution in [0.5, 0.6) is 0 Å². The number of aromatic nitrogens is 1. The average molecular weight is 420 g/mol. The number of halogens is 1. The maximum Gasteiger partial charge on any atom is 0.325 e. The van der Waals surface area contributed by atoms with Crippen LogP contribution in [0.25, 0.3) is 10.9 Å². The minimum atomic E-state index is -0.988. The van der Waals surface area contributed by atoms with E-state index in [1.807, 2.05) is 24.4 Å². The number of nitrogens with one attached hydrogen (secondary N) is 2. The predicted molar refractivity (Wildman–Crippen MR) is 112 cm³/mol. The van der Waals surface area contributed by atoms with Crippen LogP contribution in [0.1, 0.15) is 28.8 Å². The number of likely N-dealkylation sites (tertiary alicyclic amines) is 1. The molecule has 8 heteroatoms. The summed E-state index contributed by atoms with van der Waals surface area (Å²) in [5.74, 6) is -0.745. The highest BCUT2D eigenvalue weighted by Gasteiger charge is 2.52. The first kappa shape index (κ1) is 19.3. The van der Waals surface area contributed by atoms with Crippen molar-refractivity contribution in [2.75, 3.05) is 13.1 Å². The molecule has 2 aliphatic heterocycles. The number of nitrogens with zero attached hydrogens (tertiary/aromatic N) is 2. The van der Waals surface area contributed by atoms with E-state index >= 15 is 0 Å². The summed E-state index contributed by atoms with van der Waals surface area (Å²) in [5.41, 5.74) is 1.26. The second kappa shape index (κ2) is 7.23. The number of carbonyl (C=O) groups excluding carboxylic acids is 3. The second-order valence-electron chi connectivity index (χ2n) is 8.10. The first-order valence-corrected chi connectivity index (χ1v) is 10.2. The van der Waals surface area contributed by atoms with Crippen molar-refractivity contribution in [1.82, 2.24) is 20.1 Å². The molecule has 3 aromatic rings. The summed E-state index contributed by atoms with van der Waals surface area (Å²) in [6, 6.07) is 12.7. The van der Waals surface area contributed by atoms with Gasteiger partial charge in [0.25, 0.3) is 11.8 Å². The molecule has 2 saturated heterocycles. The largest absolute Gasteiger partial charge is 0.361 e. The van der Waals surface area contributed by atoms with Crippen molar-refractivity contribution >= 4 is 28.7 Å². The van der Waals surface area contributed by atoms with Gasteiger partial charge in [-0.25, -0.2) is 9.18 Å². The van der Waals surface area contributed by atoms with E-state index in [1.165, 1.54) is 17.0 Å². The number of hydrogen-bond donors (Lipinski definition) is 2. The number of rotatable bonds is 3. The fraction of sp³-hybridized carbons (Fsp3) is 0.261. The van der Waals surface area contributed by atoms with Crippen molar-refractivity contribution in [3.8, 4) is 0 Å². The van der Waals surface area contributed by atoms with E-state index in [4.69, 9.17) is 0 Å². The Morgan fingerprint density at radius 2 is 1.77 bits per heavy atom. The third kappa shape index (κ3) is 3.34. The summed E-state index contributed by atoms with van der Waals surface area (Å²) < 4.78 is 13.1. The van der Waals surface area contributed by atoms with Gasteiger partial charge in [0.05, 0.1) is 6.54 Å². The lowest BCUT2D eigenvalue weighted by Crippen LogP contribution is -2.55. The van der Waals surface area contributed by atoms with Crippen LogP contribution < -0.4 is 5.32 Å². The summed E-state index contributed by atoms with van der Waals surface area (Å²) >= 11 is 0. The van der Waals surface area contributed by atoms with Gasteiger partial charge in [0.1, 0.15) is 11.4 Å². The molecule has 2 fully saturated rings. The van der Waals surface area contributed by atoms with E-state index in [9.17, 15) is 18.8 Å². The van der Waals surface area contributed by atoms with Gasteiger partial charge in [0, 0.05) is 35.8 Å². The number of aromatic amines is 1. The van der Waals surface area contributed by atoms with Crippen molar-refractivity contribution in [1.29, 1.82) is 0 Å². The number of H-pyrrole nitrogens is 1. The second-order valence-corrected chi connectivity index (χ2v) is 8.10. The third-order valence-electron chi connectivity index (χ3n) is 6.20. The van der Waals surface area contributed by atoms with Gasteiger partial charge >= 0.3 is 6.03 Å². The van der Waals surface area contributed by atoms with Crippen molar-refractivity contribution in [2.45, 2.75) is 24.9 Å². The quantitative estimate of drug-likeness (QED) is 0.639. The average Bonchev–Trinajstić information content (AvgIpc) is 3.33. The molecular formula is C23H21FN4O3. The van der Waals surface area contributed by atoms with Crippen molar-refractivity contribution < 1.29 is 18.8 Å². The first-order chi connectivity index (χ1) is 14.9. The fourth-order valence-electron chi connectivity index (χ4n) is 4.39. The van der Waals surface area contributed by atoms with Crippen LogP contribution in [0.3, 0.4) is 0 Å². The van der Waals surface area contributed by atoms with Crippen LogP contribution in [0.2, 0.25) is 0 Å². The number of fused-ring (bicyclic) bond motifs is 1. The lowest BCUT2D eigenvalue weighted by atomic mass is 9.87. The number of carbonyl (C=O) groups is 3. The van der Waals surface area contributed by atoms with Crippen LogP contribution in [0, 0.1) is 5.82 Å². The Balaban J connectivity index is 1.27. The highest BCUT2D eigenvalue weighted by atomic mass is 19.1. The normalized spacial score (nSPS) is 18.1. The zero-order valence-corrected chi connectivity index (χ0v) is 16.7. The number of benzene rings is 2. The van der Waals surface area contributed by atoms with Crippen LogP contribution in [0.4, 0.5) is 9.18 Å². The van der Waals surface area contributed by atoms with Crippen molar-refractivity contribution in [2.24, 2.45) is 0 Å². The molecule has 0 saturated carbocycles. The Labute approximate surface area is 177 Å². The molecule has 2 N–H and O–H groups in total. The standard InChI is InChI=1S/C23H21FN4O3/c24-18-4-1-15(2-5-18)14-28-21(30)23(26-22(28)31)8-11-27(12-9-23)20(29)17-3-6-19-16(13-17)7-10-25-19/h1-7,10,13,25H,8-9,11-12,14H2,(H,26,31). The number of urea groups is 1. The smallest absolute Gasteiger partial charge is 0.325 e. The minimum Gasteiger partial charge on any atom is -0.361 e. The molecule has 0 atom stereocenters. The lowest BCUT2D eigenvalue weighted by Gasteiger charge is -2.37. The zero-order chi connectivity index (χ0) is 21.6. The Bertz CT molecular complexity index is 1180. The van der Waals surface area contributed by atoms with E-state index in [1.54, 1.807) is 23.1 Å². The fourth-order valence-corrected chi connectivity index (χ4v) is 4.39. The summed E-state index contributed by atoms with van der Waals surface area (Å²) in [6.07, 6.45) is 2.54. The maximum atomic E-state index is 13.1. The van der Waals surface area contributed by atoms with E-state index in [0.29, 0.717) is 37.1 Å². The molecule has 0 bridgehead atoms. The van der Waals surface area contributed by atoms with Crippen LogP contribution in [-0.2, 0) is 11.3 Å². The highest BCUT2D eigenvalue weighted by Crippen LogP contribution is 2.31. The molecule has 0 aliphatic carbocycles. The molecule has 1 aromatic heterocycles. The number of amides is 4. The molecule has 5 rings (SSSR count). The van der Waals surface area contributed by atoms with E-state index < -0.39 is 11.6 Å². The van der Waals surface area contributed by atoms with Crippen LogP contribution in [-0.4, -0.2) is 51.3 Å². The predicted octanol–water partition coefficient (Wildman–Crippen LogP) is 3.03. The van der Waals surface area contributed by atoms with Crippen molar-refractivity contribution in [3.63, 3.8) is 0 Å². The van der Waals surface area contributed by atoms with Gasteiger partial charge in [-0.2, -0.15) is 0 Å². The van der Waals surface area contributed by atoms with Gasteiger partial charge in [0.2, 0.25) is 0 Å². The summed E-state index contributed by atoms with van der Waals surface area (Å²) in [7, 11) is 0. The van der Waals surface area contributed by atoms with E-state index in [-0.39, 0.29) is 24.2 Å². The Morgan fingerprint density at radius 3 is 2.52 bits per heavy atom. The number of hydrogen-bond acceptors (Lipinski definition) is 3. The first-order valence-electron chi connectivity index (χ1n) is 10.2. The summed E-state index contributed by atoms with van der Waals surface area (Å²) in [5, 5.41) is 3.81. The minimum absolute atomic E-state index is 0.0853. The Kier molecular flexibility index (Phi) is 4.50. The SMILES string of the molecule is O=C(c1ccc2[nH]ccc2c1)N1CCC2(CC1)NC(=O)N(Cc1ccc(F)cc1)C2=O. The zero-order valence-electron chi connectivity index (χ0n) is 16.7. The lowest BCUT2D eigenvalue weighted by molar-refractivity contribution is -0.133.